The summed E-state index contributed by atoms with van der Waals surface area (Å²) in [6, 6.07) is 11.8. The maximum atomic E-state index is 12.8. The van der Waals surface area contributed by atoms with Crippen LogP contribution in [0.3, 0.4) is 0 Å². The first-order valence-electron chi connectivity index (χ1n) is 10.0. The van der Waals surface area contributed by atoms with E-state index in [2.05, 4.69) is 4.98 Å². The molecule has 0 atom stereocenters. The molecule has 29 heavy (non-hydrogen) atoms. The fraction of sp³-hybridized carbons (Fsp3) is 0.409. The number of aromatic nitrogens is 2. The Balaban J connectivity index is 1.37. The Hall–Kier alpha value is -2.67. The summed E-state index contributed by atoms with van der Waals surface area (Å²) in [4.78, 5) is 42.3. The van der Waals surface area contributed by atoms with Gasteiger partial charge in [-0.1, -0.05) is 30.3 Å². The molecule has 2 heterocycles. The maximum absolute atomic E-state index is 12.8. The Morgan fingerprint density at radius 1 is 1.14 bits per heavy atom. The van der Waals surface area contributed by atoms with Crippen LogP contribution < -0.4 is 11.2 Å². The predicted octanol–water partition coefficient (Wildman–Crippen LogP) is 3.22. The van der Waals surface area contributed by atoms with Gasteiger partial charge in [-0.05, 0) is 48.6 Å². The summed E-state index contributed by atoms with van der Waals surface area (Å²) in [5, 5.41) is 1.81. The van der Waals surface area contributed by atoms with E-state index in [-0.39, 0.29) is 29.0 Å². The quantitative estimate of drug-likeness (QED) is 0.700. The molecule has 1 aliphatic carbocycles. The first-order chi connectivity index (χ1) is 14.0. The monoisotopic (exact) mass is 411 g/mol. The van der Waals surface area contributed by atoms with Crippen molar-refractivity contribution < 1.29 is 4.79 Å². The number of hydrogen-bond acceptors (Lipinski definition) is 4. The molecule has 7 heteroatoms. The summed E-state index contributed by atoms with van der Waals surface area (Å²) >= 11 is 1.35. The molecule has 0 bridgehead atoms. The fourth-order valence-electron chi connectivity index (χ4n) is 4.23. The summed E-state index contributed by atoms with van der Waals surface area (Å²) in [5.74, 6) is 0.451. The largest absolute Gasteiger partial charge is 0.341 e. The number of rotatable bonds is 5. The van der Waals surface area contributed by atoms with E-state index in [1.165, 1.54) is 15.9 Å². The molecule has 0 saturated heterocycles. The third-order valence-electron chi connectivity index (χ3n) is 5.87. The molecule has 1 N–H and O–H groups in total. The number of aromatic amines is 1. The molecule has 0 unspecified atom stereocenters. The van der Waals surface area contributed by atoms with Gasteiger partial charge in [0.05, 0.1) is 5.52 Å². The first-order valence-corrected chi connectivity index (χ1v) is 10.9. The number of fused-ring (bicyclic) bond motifs is 1. The van der Waals surface area contributed by atoms with E-state index in [0.29, 0.717) is 23.3 Å². The minimum atomic E-state index is -0.346. The second kappa shape index (κ2) is 8.37. The zero-order chi connectivity index (χ0) is 20.4. The van der Waals surface area contributed by atoms with Crippen LogP contribution in [0.2, 0.25) is 0 Å². The fourth-order valence-corrected chi connectivity index (χ4v) is 5.03. The highest BCUT2D eigenvalue weighted by molar-refractivity contribution is 7.17. The van der Waals surface area contributed by atoms with Crippen LogP contribution in [0.15, 0.2) is 51.4 Å². The predicted molar refractivity (Wildman–Crippen MR) is 115 cm³/mol. The standard InChI is InChI=1S/C22H25N3O3S/c1-24(13-15-5-3-2-4-6-15)20(26)17-9-7-16(8-10-17)14-25-21(27)19-18(11-12-29-19)23-22(25)28/h2-6,11-12,16-17H,7-10,13-14H2,1H3,(H,23,28). The number of amides is 1. The van der Waals surface area contributed by atoms with E-state index >= 15 is 0 Å². The molecule has 3 aromatic rings. The summed E-state index contributed by atoms with van der Waals surface area (Å²) < 4.78 is 1.92. The van der Waals surface area contributed by atoms with Crippen LogP contribution in [0, 0.1) is 11.8 Å². The van der Waals surface area contributed by atoms with Crippen molar-refractivity contribution >= 4 is 27.5 Å². The third-order valence-corrected chi connectivity index (χ3v) is 6.77. The molecule has 2 aromatic heterocycles. The molecule has 4 rings (SSSR count). The van der Waals surface area contributed by atoms with Gasteiger partial charge in [-0.3, -0.25) is 14.2 Å². The van der Waals surface area contributed by atoms with E-state index in [9.17, 15) is 14.4 Å². The Kier molecular flexibility index (Phi) is 5.67. The molecule has 6 nitrogen and oxygen atoms in total. The molecule has 1 amide bonds. The number of benzene rings is 1. The second-order valence-electron chi connectivity index (χ2n) is 7.91. The van der Waals surface area contributed by atoms with E-state index in [1.807, 2.05) is 42.8 Å². The number of nitrogens with zero attached hydrogens (tertiary/aromatic N) is 2. The van der Waals surface area contributed by atoms with Crippen LogP contribution in [0.5, 0.6) is 0 Å². The van der Waals surface area contributed by atoms with Crippen molar-refractivity contribution in [3.05, 3.63) is 68.2 Å². The van der Waals surface area contributed by atoms with Gasteiger partial charge >= 0.3 is 5.69 Å². The summed E-state index contributed by atoms with van der Waals surface area (Å²) in [5.41, 5.74) is 1.18. The molecule has 0 aliphatic heterocycles. The van der Waals surface area contributed by atoms with E-state index in [4.69, 9.17) is 0 Å². The Morgan fingerprint density at radius 3 is 2.59 bits per heavy atom. The van der Waals surface area contributed by atoms with Gasteiger partial charge < -0.3 is 9.88 Å². The molecule has 0 spiro atoms. The van der Waals surface area contributed by atoms with E-state index in [1.54, 1.807) is 11.0 Å². The Morgan fingerprint density at radius 2 is 1.86 bits per heavy atom. The van der Waals surface area contributed by atoms with Gasteiger partial charge in [-0.15, -0.1) is 11.3 Å². The summed E-state index contributed by atoms with van der Waals surface area (Å²) in [6.07, 6.45) is 3.31. The molecule has 1 fully saturated rings. The number of carbonyl (C=O) groups excluding carboxylic acids is 1. The van der Waals surface area contributed by atoms with Crippen molar-refractivity contribution in [1.29, 1.82) is 0 Å². The molecular formula is C22H25N3O3S. The SMILES string of the molecule is CN(Cc1ccccc1)C(=O)C1CCC(Cn2c(=O)[nH]c3ccsc3c2=O)CC1. The van der Waals surface area contributed by atoms with Gasteiger partial charge in [-0.2, -0.15) is 0 Å². The van der Waals surface area contributed by atoms with Crippen molar-refractivity contribution in [2.45, 2.75) is 38.8 Å². The van der Waals surface area contributed by atoms with Crippen molar-refractivity contribution in [3.63, 3.8) is 0 Å². The van der Waals surface area contributed by atoms with Crippen LogP contribution in [-0.4, -0.2) is 27.4 Å². The normalized spacial score (nSPS) is 19.3. The van der Waals surface area contributed by atoms with Crippen molar-refractivity contribution in [2.24, 2.45) is 11.8 Å². The second-order valence-corrected chi connectivity index (χ2v) is 8.82. The maximum Gasteiger partial charge on any atom is 0.328 e. The Labute approximate surface area is 172 Å². The number of nitrogens with one attached hydrogen (secondary N) is 1. The lowest BCUT2D eigenvalue weighted by Gasteiger charge is -2.30. The molecule has 1 aromatic carbocycles. The molecule has 1 saturated carbocycles. The first kappa shape index (κ1) is 19.6. The molecule has 152 valence electrons. The van der Waals surface area contributed by atoms with Crippen molar-refractivity contribution in [3.8, 4) is 0 Å². The lowest BCUT2D eigenvalue weighted by atomic mass is 9.81. The third kappa shape index (κ3) is 4.19. The lowest BCUT2D eigenvalue weighted by Crippen LogP contribution is -2.39. The number of thiophene rings is 1. The van der Waals surface area contributed by atoms with Crippen molar-refractivity contribution in [2.75, 3.05) is 7.05 Å². The molecular weight excluding hydrogens is 386 g/mol. The highest BCUT2D eigenvalue weighted by Crippen LogP contribution is 2.31. The van der Waals surface area contributed by atoms with Gasteiger partial charge in [0.25, 0.3) is 5.56 Å². The highest BCUT2D eigenvalue weighted by Gasteiger charge is 2.29. The minimum Gasteiger partial charge on any atom is -0.341 e. The van der Waals surface area contributed by atoms with Gasteiger partial charge in [0, 0.05) is 26.1 Å². The number of H-pyrrole nitrogens is 1. The van der Waals surface area contributed by atoms with Crippen LogP contribution in [0.25, 0.3) is 10.2 Å². The van der Waals surface area contributed by atoms with E-state index < -0.39 is 0 Å². The average molecular weight is 412 g/mol. The number of hydrogen-bond donors (Lipinski definition) is 1. The van der Waals surface area contributed by atoms with Crippen LogP contribution in [0.4, 0.5) is 0 Å². The van der Waals surface area contributed by atoms with E-state index in [0.717, 1.165) is 31.2 Å². The van der Waals surface area contributed by atoms with Gasteiger partial charge in [-0.25, -0.2) is 4.79 Å². The summed E-state index contributed by atoms with van der Waals surface area (Å²) in [6.45, 7) is 1.04. The summed E-state index contributed by atoms with van der Waals surface area (Å²) in [7, 11) is 1.86. The zero-order valence-corrected chi connectivity index (χ0v) is 17.3. The van der Waals surface area contributed by atoms with Gasteiger partial charge in [0.1, 0.15) is 4.70 Å². The van der Waals surface area contributed by atoms with Gasteiger partial charge in [0.2, 0.25) is 5.91 Å². The molecule has 0 radical (unpaired) electrons. The van der Waals surface area contributed by atoms with Gasteiger partial charge in [0.15, 0.2) is 0 Å². The van der Waals surface area contributed by atoms with Crippen LogP contribution >= 0.6 is 11.3 Å². The minimum absolute atomic E-state index is 0.0229. The zero-order valence-electron chi connectivity index (χ0n) is 16.5. The van der Waals surface area contributed by atoms with Crippen molar-refractivity contribution in [1.82, 2.24) is 14.5 Å². The van der Waals surface area contributed by atoms with Crippen LogP contribution in [-0.2, 0) is 17.9 Å². The Bertz CT molecular complexity index is 1110. The highest BCUT2D eigenvalue weighted by atomic mass is 32.1. The molecule has 1 aliphatic rings. The topological polar surface area (TPSA) is 75.2 Å². The smallest absolute Gasteiger partial charge is 0.328 e. The number of carbonyl (C=O) groups is 1. The average Bonchev–Trinajstić information content (AvgIpc) is 3.20. The lowest BCUT2D eigenvalue weighted by molar-refractivity contribution is -0.136. The van der Waals surface area contributed by atoms with Crippen LogP contribution in [0.1, 0.15) is 31.2 Å².